The molecule has 0 radical (unpaired) electrons. The van der Waals surface area contributed by atoms with E-state index in [1.54, 1.807) is 24.3 Å². The number of anilines is 1. The smallest absolute Gasteiger partial charge is 0.228 e. The zero-order valence-corrected chi connectivity index (χ0v) is 15.7. The number of ether oxygens (including phenoxy) is 1. The molecule has 3 rings (SSSR count). The second kappa shape index (κ2) is 8.79. The predicted octanol–water partition coefficient (Wildman–Crippen LogP) is 2.86. The van der Waals surface area contributed by atoms with Crippen LogP contribution in [-0.2, 0) is 11.3 Å². The lowest BCUT2D eigenvalue weighted by Gasteiger charge is -2.32. The molecule has 0 aliphatic carbocycles. The molecule has 144 valence electrons. The molecule has 1 amide bonds. The Labute approximate surface area is 158 Å². The van der Waals surface area contributed by atoms with Crippen molar-refractivity contribution in [1.82, 2.24) is 15.3 Å². The summed E-state index contributed by atoms with van der Waals surface area (Å²) < 4.78 is 19.2. The SMILES string of the molecule is CCOc1cc(C)nc(N2CCC[C@H](C(=O)NCc3ccccc3F)C2)n1. The van der Waals surface area contributed by atoms with Gasteiger partial charge in [-0.25, -0.2) is 9.37 Å². The average molecular weight is 372 g/mol. The van der Waals surface area contributed by atoms with Crippen LogP contribution in [0.25, 0.3) is 0 Å². The summed E-state index contributed by atoms with van der Waals surface area (Å²) in [7, 11) is 0. The maximum atomic E-state index is 13.7. The fourth-order valence-corrected chi connectivity index (χ4v) is 3.23. The Bertz CT molecular complexity index is 799. The van der Waals surface area contributed by atoms with Gasteiger partial charge < -0.3 is 15.0 Å². The molecule has 0 unspecified atom stereocenters. The molecule has 2 heterocycles. The number of nitrogens with zero attached hydrogens (tertiary/aromatic N) is 3. The molecular formula is C20H25FN4O2. The summed E-state index contributed by atoms with van der Waals surface area (Å²) in [6.45, 7) is 5.88. The summed E-state index contributed by atoms with van der Waals surface area (Å²) in [4.78, 5) is 23.5. The van der Waals surface area contributed by atoms with Crippen molar-refractivity contribution < 1.29 is 13.9 Å². The van der Waals surface area contributed by atoms with E-state index < -0.39 is 0 Å². The molecule has 1 atom stereocenters. The van der Waals surface area contributed by atoms with Crippen LogP contribution >= 0.6 is 0 Å². The van der Waals surface area contributed by atoms with Gasteiger partial charge in [0.05, 0.1) is 12.5 Å². The average Bonchev–Trinajstić information content (AvgIpc) is 2.67. The van der Waals surface area contributed by atoms with E-state index in [1.807, 2.05) is 18.7 Å². The minimum Gasteiger partial charge on any atom is -0.478 e. The summed E-state index contributed by atoms with van der Waals surface area (Å²) in [5.74, 6) is 0.585. The van der Waals surface area contributed by atoms with E-state index >= 15 is 0 Å². The van der Waals surface area contributed by atoms with Gasteiger partial charge in [0.15, 0.2) is 0 Å². The lowest BCUT2D eigenvalue weighted by molar-refractivity contribution is -0.125. The van der Waals surface area contributed by atoms with E-state index in [1.165, 1.54) is 6.07 Å². The Morgan fingerprint density at radius 2 is 2.19 bits per heavy atom. The fraction of sp³-hybridized carbons (Fsp3) is 0.450. The maximum Gasteiger partial charge on any atom is 0.228 e. The predicted molar refractivity (Wildman–Crippen MR) is 101 cm³/mol. The number of amides is 1. The Morgan fingerprint density at radius 1 is 1.37 bits per heavy atom. The van der Waals surface area contributed by atoms with Gasteiger partial charge in [0.25, 0.3) is 0 Å². The van der Waals surface area contributed by atoms with E-state index in [4.69, 9.17) is 4.74 Å². The van der Waals surface area contributed by atoms with Crippen LogP contribution in [0.1, 0.15) is 31.0 Å². The minimum atomic E-state index is -0.306. The van der Waals surface area contributed by atoms with Gasteiger partial charge in [-0.1, -0.05) is 18.2 Å². The molecule has 1 aliphatic heterocycles. The zero-order chi connectivity index (χ0) is 19.2. The first-order valence-corrected chi connectivity index (χ1v) is 9.31. The second-order valence-electron chi connectivity index (χ2n) is 6.67. The van der Waals surface area contributed by atoms with Crippen LogP contribution in [0.15, 0.2) is 30.3 Å². The normalized spacial score (nSPS) is 16.9. The molecule has 0 saturated carbocycles. The van der Waals surface area contributed by atoms with Crippen LogP contribution in [0.2, 0.25) is 0 Å². The van der Waals surface area contributed by atoms with E-state index in [0.29, 0.717) is 30.5 Å². The summed E-state index contributed by atoms with van der Waals surface area (Å²) in [5.41, 5.74) is 1.32. The quantitative estimate of drug-likeness (QED) is 0.845. The highest BCUT2D eigenvalue weighted by Crippen LogP contribution is 2.23. The van der Waals surface area contributed by atoms with E-state index in [-0.39, 0.29) is 24.2 Å². The highest BCUT2D eigenvalue weighted by Gasteiger charge is 2.27. The molecule has 7 heteroatoms. The molecule has 1 fully saturated rings. The molecule has 1 aromatic carbocycles. The molecule has 0 spiro atoms. The number of halogens is 1. The first-order chi connectivity index (χ1) is 13.1. The Kier molecular flexibility index (Phi) is 6.21. The van der Waals surface area contributed by atoms with E-state index in [9.17, 15) is 9.18 Å². The molecule has 1 N–H and O–H groups in total. The van der Waals surface area contributed by atoms with Crippen molar-refractivity contribution in [1.29, 1.82) is 0 Å². The number of aryl methyl sites for hydroxylation is 1. The zero-order valence-electron chi connectivity index (χ0n) is 15.7. The van der Waals surface area contributed by atoms with Gasteiger partial charge in [0.2, 0.25) is 17.7 Å². The molecule has 2 aromatic rings. The number of carbonyl (C=O) groups excluding carboxylic acids is 1. The maximum absolute atomic E-state index is 13.7. The van der Waals surface area contributed by atoms with Crippen LogP contribution in [0.3, 0.4) is 0 Å². The summed E-state index contributed by atoms with van der Waals surface area (Å²) in [6.07, 6.45) is 1.67. The fourth-order valence-electron chi connectivity index (χ4n) is 3.23. The standard InChI is InChI=1S/C20H25FN4O2/c1-3-27-18-11-14(2)23-20(24-18)25-10-6-8-16(13-25)19(26)22-12-15-7-4-5-9-17(15)21/h4-5,7,9,11,16H,3,6,8,10,12-13H2,1-2H3,(H,22,26)/t16-/m0/s1. The van der Waals surface area contributed by atoms with Crippen LogP contribution in [0.4, 0.5) is 10.3 Å². The number of hydrogen-bond acceptors (Lipinski definition) is 5. The molecule has 1 aliphatic rings. The van der Waals surface area contributed by atoms with Gasteiger partial charge >= 0.3 is 0 Å². The van der Waals surface area contributed by atoms with Gasteiger partial charge in [0.1, 0.15) is 5.82 Å². The van der Waals surface area contributed by atoms with Gasteiger partial charge in [-0.05, 0) is 32.8 Å². The Balaban J connectivity index is 1.63. The lowest BCUT2D eigenvalue weighted by Crippen LogP contribution is -2.43. The number of rotatable bonds is 6. The third-order valence-corrected chi connectivity index (χ3v) is 4.60. The number of hydrogen-bond donors (Lipinski definition) is 1. The minimum absolute atomic E-state index is 0.0689. The second-order valence-corrected chi connectivity index (χ2v) is 6.67. The first kappa shape index (κ1) is 19.1. The number of benzene rings is 1. The molecule has 27 heavy (non-hydrogen) atoms. The first-order valence-electron chi connectivity index (χ1n) is 9.31. The lowest BCUT2D eigenvalue weighted by atomic mass is 9.97. The highest BCUT2D eigenvalue weighted by molar-refractivity contribution is 5.79. The van der Waals surface area contributed by atoms with E-state index in [2.05, 4.69) is 15.3 Å². The summed E-state index contributed by atoms with van der Waals surface area (Å²) in [6, 6.07) is 8.28. The molecule has 1 saturated heterocycles. The molecule has 0 bridgehead atoms. The van der Waals surface area contributed by atoms with Crippen molar-refractivity contribution in [2.24, 2.45) is 5.92 Å². The van der Waals surface area contributed by atoms with Crippen molar-refractivity contribution in [3.8, 4) is 5.88 Å². The Hall–Kier alpha value is -2.70. The Morgan fingerprint density at radius 3 is 2.96 bits per heavy atom. The number of aromatic nitrogens is 2. The number of nitrogens with one attached hydrogen (secondary N) is 1. The van der Waals surface area contributed by atoms with Gasteiger partial charge in [0, 0.05) is 37.0 Å². The van der Waals surface area contributed by atoms with Gasteiger partial charge in [-0.15, -0.1) is 0 Å². The highest BCUT2D eigenvalue weighted by atomic mass is 19.1. The van der Waals surface area contributed by atoms with Crippen LogP contribution in [-0.4, -0.2) is 35.6 Å². The van der Waals surface area contributed by atoms with Crippen molar-refractivity contribution in [2.75, 3.05) is 24.6 Å². The largest absolute Gasteiger partial charge is 0.478 e. The summed E-state index contributed by atoms with van der Waals surface area (Å²) >= 11 is 0. The number of carbonyl (C=O) groups is 1. The van der Waals surface area contributed by atoms with Crippen molar-refractivity contribution >= 4 is 11.9 Å². The molecular weight excluding hydrogens is 347 g/mol. The van der Waals surface area contributed by atoms with Gasteiger partial charge in [-0.2, -0.15) is 4.98 Å². The molecule has 1 aromatic heterocycles. The third-order valence-electron chi connectivity index (χ3n) is 4.60. The van der Waals surface area contributed by atoms with Crippen molar-refractivity contribution in [3.63, 3.8) is 0 Å². The third kappa shape index (κ3) is 4.93. The van der Waals surface area contributed by atoms with Crippen molar-refractivity contribution in [3.05, 3.63) is 47.4 Å². The van der Waals surface area contributed by atoms with E-state index in [0.717, 1.165) is 25.1 Å². The number of piperidine rings is 1. The van der Waals surface area contributed by atoms with Crippen molar-refractivity contribution in [2.45, 2.75) is 33.2 Å². The van der Waals surface area contributed by atoms with Gasteiger partial charge in [-0.3, -0.25) is 4.79 Å². The summed E-state index contributed by atoms with van der Waals surface area (Å²) in [5, 5.41) is 2.85. The van der Waals surface area contributed by atoms with Crippen LogP contribution < -0.4 is 15.0 Å². The van der Waals surface area contributed by atoms with Crippen LogP contribution in [0, 0.1) is 18.7 Å². The monoisotopic (exact) mass is 372 g/mol. The topological polar surface area (TPSA) is 67.3 Å². The van der Waals surface area contributed by atoms with Crippen LogP contribution in [0.5, 0.6) is 5.88 Å². The molecule has 6 nitrogen and oxygen atoms in total.